The Labute approximate surface area is 75.0 Å². The van der Waals surface area contributed by atoms with Gasteiger partial charge in [0.25, 0.3) is 0 Å². The summed E-state index contributed by atoms with van der Waals surface area (Å²) in [6, 6.07) is 0. The van der Waals surface area contributed by atoms with Crippen LogP contribution in [-0.4, -0.2) is 17.5 Å². The van der Waals surface area contributed by atoms with E-state index in [0.29, 0.717) is 12.2 Å². The van der Waals surface area contributed by atoms with E-state index in [0.717, 1.165) is 25.7 Å². The predicted octanol–water partition coefficient (Wildman–Crippen LogP) is 2.15. The maximum absolute atomic E-state index is 11.3. The average molecular weight is 172 g/mol. The number of Topliss-reactive ketones (excluding diaryl/α,β-unsaturated/α-hetero) is 1. The lowest BCUT2D eigenvalue weighted by Gasteiger charge is -2.05. The third-order valence-corrected chi connectivity index (χ3v) is 2.24. The van der Waals surface area contributed by atoms with Gasteiger partial charge in [-0.3, -0.25) is 4.79 Å². The Kier molecular flexibility index (Phi) is 7.06. The predicted molar refractivity (Wildman–Crippen MR) is 50.0 cm³/mol. The van der Waals surface area contributed by atoms with E-state index in [4.69, 9.17) is 5.11 Å². The van der Waals surface area contributed by atoms with Gasteiger partial charge in [0.2, 0.25) is 0 Å². The summed E-state index contributed by atoms with van der Waals surface area (Å²) in [5.74, 6) is 0.592. The van der Waals surface area contributed by atoms with Crippen LogP contribution in [0.2, 0.25) is 0 Å². The van der Waals surface area contributed by atoms with Crippen molar-refractivity contribution in [2.45, 2.75) is 46.0 Å². The largest absolute Gasteiger partial charge is 0.396 e. The molecule has 0 unspecified atom stereocenters. The third-order valence-electron chi connectivity index (χ3n) is 2.24. The molecule has 0 aromatic heterocycles. The minimum atomic E-state index is 0.221. The first kappa shape index (κ1) is 11.6. The van der Waals surface area contributed by atoms with Gasteiger partial charge < -0.3 is 5.11 Å². The second kappa shape index (κ2) is 7.29. The normalized spacial score (nSPS) is 12.9. The molecule has 2 nitrogen and oxygen atoms in total. The van der Waals surface area contributed by atoms with E-state index in [2.05, 4.69) is 0 Å². The molecule has 0 saturated heterocycles. The summed E-state index contributed by atoms with van der Waals surface area (Å²) in [5, 5.41) is 8.50. The smallest absolute Gasteiger partial charge is 0.135 e. The monoisotopic (exact) mass is 172 g/mol. The fourth-order valence-electron chi connectivity index (χ4n) is 1.06. The van der Waals surface area contributed by atoms with Gasteiger partial charge in [-0.05, 0) is 19.3 Å². The van der Waals surface area contributed by atoms with Crippen molar-refractivity contribution < 1.29 is 9.90 Å². The lowest BCUT2D eigenvalue weighted by molar-refractivity contribution is -0.122. The summed E-state index contributed by atoms with van der Waals surface area (Å²) in [6.07, 6.45) is 4.37. The zero-order valence-electron chi connectivity index (χ0n) is 8.18. The number of carbonyl (C=O) groups excluding carboxylic acids is 1. The number of unbranched alkanes of at least 4 members (excludes halogenated alkanes) is 2. The molecule has 0 rings (SSSR count). The molecule has 0 aromatic carbocycles. The first-order chi connectivity index (χ1) is 5.72. The van der Waals surface area contributed by atoms with Crippen LogP contribution in [0.1, 0.15) is 46.0 Å². The number of ketones is 1. The van der Waals surface area contributed by atoms with Crippen molar-refractivity contribution in [3.05, 3.63) is 0 Å². The lowest BCUT2D eigenvalue weighted by atomic mass is 9.99. The van der Waals surface area contributed by atoms with Crippen molar-refractivity contribution in [2.75, 3.05) is 6.61 Å². The molecule has 0 heterocycles. The Bertz CT molecular complexity index is 121. The Morgan fingerprint density at radius 1 is 1.33 bits per heavy atom. The topological polar surface area (TPSA) is 37.3 Å². The van der Waals surface area contributed by atoms with Crippen molar-refractivity contribution in [2.24, 2.45) is 5.92 Å². The zero-order chi connectivity index (χ0) is 9.40. The molecule has 0 aliphatic carbocycles. The van der Waals surface area contributed by atoms with Gasteiger partial charge in [-0.1, -0.05) is 20.3 Å². The number of hydrogen-bond donors (Lipinski definition) is 1. The van der Waals surface area contributed by atoms with Crippen molar-refractivity contribution in [3.8, 4) is 0 Å². The van der Waals surface area contributed by atoms with E-state index in [1.165, 1.54) is 0 Å². The lowest BCUT2D eigenvalue weighted by Crippen LogP contribution is -2.09. The van der Waals surface area contributed by atoms with Crippen molar-refractivity contribution in [1.82, 2.24) is 0 Å². The number of rotatable bonds is 7. The van der Waals surface area contributed by atoms with Gasteiger partial charge in [0, 0.05) is 18.9 Å². The molecular weight excluding hydrogens is 152 g/mol. The number of carbonyl (C=O) groups is 1. The van der Waals surface area contributed by atoms with Crippen LogP contribution in [0.4, 0.5) is 0 Å². The van der Waals surface area contributed by atoms with E-state index < -0.39 is 0 Å². The molecule has 0 aromatic rings. The first-order valence-corrected chi connectivity index (χ1v) is 4.86. The molecule has 72 valence electrons. The van der Waals surface area contributed by atoms with Crippen molar-refractivity contribution in [3.63, 3.8) is 0 Å². The summed E-state index contributed by atoms with van der Waals surface area (Å²) in [7, 11) is 0. The van der Waals surface area contributed by atoms with Gasteiger partial charge in [0.05, 0.1) is 0 Å². The van der Waals surface area contributed by atoms with Gasteiger partial charge in [-0.2, -0.15) is 0 Å². The highest BCUT2D eigenvalue weighted by atomic mass is 16.2. The van der Waals surface area contributed by atoms with Crippen LogP contribution >= 0.6 is 0 Å². The Balaban J connectivity index is 3.31. The van der Waals surface area contributed by atoms with E-state index >= 15 is 0 Å². The molecule has 0 saturated carbocycles. The van der Waals surface area contributed by atoms with Gasteiger partial charge in [-0.15, -0.1) is 0 Å². The third kappa shape index (κ3) is 5.30. The van der Waals surface area contributed by atoms with Gasteiger partial charge in [0.15, 0.2) is 0 Å². The Morgan fingerprint density at radius 2 is 2.00 bits per heavy atom. The second-order valence-corrected chi connectivity index (χ2v) is 3.31. The highest BCUT2D eigenvalue weighted by molar-refractivity contribution is 5.80. The maximum atomic E-state index is 11.3. The quantitative estimate of drug-likeness (QED) is 0.597. The molecule has 1 atom stereocenters. The minimum absolute atomic E-state index is 0.221. The standard InChI is InChI=1S/C10H20O2/c1-3-9(2)10(12)7-5-4-6-8-11/h9,11H,3-8H2,1-2H3/t9-/m1/s1. The fraction of sp³-hybridized carbons (Fsp3) is 0.900. The molecule has 12 heavy (non-hydrogen) atoms. The van der Waals surface area contributed by atoms with E-state index in [1.807, 2.05) is 13.8 Å². The molecule has 0 bridgehead atoms. The summed E-state index contributed by atoms with van der Waals surface area (Å²) in [6.45, 7) is 4.27. The number of aliphatic hydroxyl groups is 1. The molecule has 1 N–H and O–H groups in total. The van der Waals surface area contributed by atoms with Crippen LogP contribution in [0.3, 0.4) is 0 Å². The maximum Gasteiger partial charge on any atom is 0.135 e. The molecular formula is C10H20O2. The van der Waals surface area contributed by atoms with Crippen molar-refractivity contribution in [1.29, 1.82) is 0 Å². The van der Waals surface area contributed by atoms with Crippen LogP contribution in [0, 0.1) is 5.92 Å². The van der Waals surface area contributed by atoms with Crippen LogP contribution in [0.5, 0.6) is 0 Å². The van der Waals surface area contributed by atoms with E-state index in [-0.39, 0.29) is 12.5 Å². The molecule has 0 aliphatic heterocycles. The minimum Gasteiger partial charge on any atom is -0.396 e. The SMILES string of the molecule is CC[C@@H](C)C(=O)CCCCCO. The van der Waals surface area contributed by atoms with Crippen molar-refractivity contribution >= 4 is 5.78 Å². The zero-order valence-corrected chi connectivity index (χ0v) is 8.18. The van der Waals surface area contributed by atoms with Gasteiger partial charge in [0.1, 0.15) is 5.78 Å². The van der Waals surface area contributed by atoms with Crippen LogP contribution < -0.4 is 0 Å². The molecule has 0 spiro atoms. The van der Waals surface area contributed by atoms with Crippen LogP contribution in [-0.2, 0) is 4.79 Å². The summed E-state index contributed by atoms with van der Waals surface area (Å²) in [4.78, 5) is 11.3. The highest BCUT2D eigenvalue weighted by Gasteiger charge is 2.08. The first-order valence-electron chi connectivity index (χ1n) is 4.86. The Morgan fingerprint density at radius 3 is 2.50 bits per heavy atom. The molecule has 0 radical (unpaired) electrons. The highest BCUT2D eigenvalue weighted by Crippen LogP contribution is 2.09. The van der Waals surface area contributed by atoms with E-state index in [1.54, 1.807) is 0 Å². The molecule has 0 aliphatic rings. The summed E-state index contributed by atoms with van der Waals surface area (Å²) in [5.41, 5.74) is 0. The number of hydrogen-bond acceptors (Lipinski definition) is 2. The summed E-state index contributed by atoms with van der Waals surface area (Å²) < 4.78 is 0. The number of aliphatic hydroxyl groups excluding tert-OH is 1. The van der Waals surface area contributed by atoms with Crippen LogP contribution in [0.25, 0.3) is 0 Å². The van der Waals surface area contributed by atoms with Gasteiger partial charge >= 0.3 is 0 Å². The average Bonchev–Trinajstić information content (AvgIpc) is 2.10. The summed E-state index contributed by atoms with van der Waals surface area (Å²) >= 11 is 0. The second-order valence-electron chi connectivity index (χ2n) is 3.31. The van der Waals surface area contributed by atoms with Gasteiger partial charge in [-0.25, -0.2) is 0 Å². The Hall–Kier alpha value is -0.370. The molecule has 0 fully saturated rings. The molecule has 2 heteroatoms. The van der Waals surface area contributed by atoms with E-state index in [9.17, 15) is 4.79 Å². The molecule has 0 amide bonds. The fourth-order valence-corrected chi connectivity index (χ4v) is 1.06. The van der Waals surface area contributed by atoms with Crippen LogP contribution in [0.15, 0.2) is 0 Å².